The molecule has 0 atom stereocenters. The van der Waals surface area contributed by atoms with Crippen LogP contribution in [0.5, 0.6) is 5.75 Å². The summed E-state index contributed by atoms with van der Waals surface area (Å²) in [5.41, 5.74) is -0.243. The number of hydrogen-bond acceptors (Lipinski definition) is 5. The van der Waals surface area contributed by atoms with Crippen molar-refractivity contribution in [2.24, 2.45) is 0 Å². The molecule has 0 fully saturated rings. The first kappa shape index (κ1) is 14.4. The summed E-state index contributed by atoms with van der Waals surface area (Å²) >= 11 is 0. The molecule has 0 unspecified atom stereocenters. The van der Waals surface area contributed by atoms with Crippen LogP contribution in [0.1, 0.15) is 19.3 Å². The first-order chi connectivity index (χ1) is 8.90. The van der Waals surface area contributed by atoms with E-state index < -0.39 is 22.5 Å². The lowest BCUT2D eigenvalue weighted by Crippen LogP contribution is -2.12. The standard InChI is InChI=1S/C11H12N2O6/c14-9-6-7(13(18)19)4-5-8(9)12-10(15)2-1-3-11(16)17/h4-6,14H,1-3H2,(H,12,15)(H,16,17). The number of hydrogen-bond donors (Lipinski definition) is 3. The Hall–Kier alpha value is -2.64. The van der Waals surface area contributed by atoms with Crippen molar-refractivity contribution in [3.8, 4) is 5.75 Å². The summed E-state index contributed by atoms with van der Waals surface area (Å²) in [6, 6.07) is 3.28. The Labute approximate surface area is 107 Å². The molecule has 19 heavy (non-hydrogen) atoms. The van der Waals surface area contributed by atoms with E-state index in [0.29, 0.717) is 0 Å². The zero-order valence-corrected chi connectivity index (χ0v) is 9.83. The largest absolute Gasteiger partial charge is 0.506 e. The number of carbonyl (C=O) groups is 2. The Kier molecular flexibility index (Phi) is 4.81. The van der Waals surface area contributed by atoms with E-state index in [1.807, 2.05) is 0 Å². The molecule has 0 bridgehead atoms. The second-order valence-corrected chi connectivity index (χ2v) is 3.75. The second kappa shape index (κ2) is 6.34. The number of phenols is 1. The molecule has 0 saturated carbocycles. The molecule has 102 valence electrons. The van der Waals surface area contributed by atoms with Gasteiger partial charge in [0.1, 0.15) is 5.75 Å². The van der Waals surface area contributed by atoms with E-state index in [2.05, 4.69) is 5.32 Å². The van der Waals surface area contributed by atoms with Crippen LogP contribution in [-0.2, 0) is 9.59 Å². The van der Waals surface area contributed by atoms with Crippen molar-refractivity contribution in [3.63, 3.8) is 0 Å². The lowest BCUT2D eigenvalue weighted by molar-refractivity contribution is -0.384. The Morgan fingerprint density at radius 1 is 1.32 bits per heavy atom. The third-order valence-electron chi connectivity index (χ3n) is 2.26. The Morgan fingerprint density at radius 3 is 2.53 bits per heavy atom. The van der Waals surface area contributed by atoms with Crippen LogP contribution in [-0.4, -0.2) is 27.0 Å². The third-order valence-corrected chi connectivity index (χ3v) is 2.26. The van der Waals surface area contributed by atoms with Gasteiger partial charge in [-0.05, 0) is 12.5 Å². The number of carboxylic acids is 1. The van der Waals surface area contributed by atoms with Crippen molar-refractivity contribution in [1.29, 1.82) is 0 Å². The van der Waals surface area contributed by atoms with Gasteiger partial charge in [-0.15, -0.1) is 0 Å². The normalized spacial score (nSPS) is 9.89. The van der Waals surface area contributed by atoms with Crippen LogP contribution >= 0.6 is 0 Å². The summed E-state index contributed by atoms with van der Waals surface area (Å²) in [5, 5.41) is 30.7. The molecule has 0 aliphatic heterocycles. The number of nitrogens with one attached hydrogen (secondary N) is 1. The van der Waals surface area contributed by atoms with Crippen LogP contribution in [0, 0.1) is 10.1 Å². The van der Waals surface area contributed by atoms with Crippen molar-refractivity contribution in [3.05, 3.63) is 28.3 Å². The number of carboxylic acid groups (broad SMARTS) is 1. The van der Waals surface area contributed by atoms with E-state index >= 15 is 0 Å². The predicted octanol–water partition coefficient (Wildman–Crippen LogP) is 1.49. The maximum Gasteiger partial charge on any atom is 0.303 e. The molecule has 0 aliphatic rings. The molecular formula is C11H12N2O6. The average Bonchev–Trinajstić information content (AvgIpc) is 2.31. The lowest BCUT2D eigenvalue weighted by Gasteiger charge is -2.06. The number of non-ortho nitro benzene ring substituents is 1. The van der Waals surface area contributed by atoms with Gasteiger partial charge in [0.25, 0.3) is 5.69 Å². The van der Waals surface area contributed by atoms with Crippen LogP contribution in [0.4, 0.5) is 11.4 Å². The molecular weight excluding hydrogens is 256 g/mol. The summed E-state index contributed by atoms with van der Waals surface area (Å²) in [5.74, 6) is -1.88. The van der Waals surface area contributed by atoms with Crippen molar-refractivity contribution in [2.75, 3.05) is 5.32 Å². The van der Waals surface area contributed by atoms with Gasteiger partial charge in [-0.1, -0.05) is 0 Å². The van der Waals surface area contributed by atoms with Crippen LogP contribution in [0.3, 0.4) is 0 Å². The minimum atomic E-state index is -0.994. The molecule has 8 nitrogen and oxygen atoms in total. The van der Waals surface area contributed by atoms with E-state index in [0.717, 1.165) is 12.1 Å². The number of aromatic hydroxyl groups is 1. The summed E-state index contributed by atoms with van der Waals surface area (Å²) in [4.78, 5) is 31.4. The molecule has 0 spiro atoms. The van der Waals surface area contributed by atoms with E-state index in [1.54, 1.807) is 0 Å². The van der Waals surface area contributed by atoms with Crippen molar-refractivity contribution >= 4 is 23.3 Å². The van der Waals surface area contributed by atoms with Gasteiger partial charge < -0.3 is 15.5 Å². The van der Waals surface area contributed by atoms with Gasteiger partial charge in [-0.3, -0.25) is 19.7 Å². The molecule has 0 aromatic heterocycles. The highest BCUT2D eigenvalue weighted by molar-refractivity contribution is 5.92. The topological polar surface area (TPSA) is 130 Å². The van der Waals surface area contributed by atoms with Gasteiger partial charge in [0.2, 0.25) is 5.91 Å². The van der Waals surface area contributed by atoms with Gasteiger partial charge in [-0.25, -0.2) is 0 Å². The van der Waals surface area contributed by atoms with Crippen molar-refractivity contribution < 1.29 is 24.7 Å². The van der Waals surface area contributed by atoms with Gasteiger partial charge in [-0.2, -0.15) is 0 Å². The number of nitro benzene ring substituents is 1. The van der Waals surface area contributed by atoms with Gasteiger partial charge in [0.15, 0.2) is 0 Å². The second-order valence-electron chi connectivity index (χ2n) is 3.75. The number of anilines is 1. The summed E-state index contributed by atoms with van der Waals surface area (Å²) in [7, 11) is 0. The summed E-state index contributed by atoms with van der Waals surface area (Å²) in [6.45, 7) is 0. The number of nitrogens with zero attached hydrogens (tertiary/aromatic N) is 1. The Bertz CT molecular complexity index is 514. The number of carbonyl (C=O) groups excluding carboxylic acids is 1. The monoisotopic (exact) mass is 268 g/mol. The molecule has 0 aliphatic carbocycles. The zero-order chi connectivity index (χ0) is 14.4. The molecule has 1 aromatic rings. The predicted molar refractivity (Wildman–Crippen MR) is 64.9 cm³/mol. The SMILES string of the molecule is O=C(O)CCCC(=O)Nc1ccc([N+](=O)[O-])cc1O. The minimum Gasteiger partial charge on any atom is -0.506 e. The third kappa shape index (κ3) is 4.62. The maximum absolute atomic E-state index is 11.4. The minimum absolute atomic E-state index is 0.0112. The van der Waals surface area contributed by atoms with Crippen molar-refractivity contribution in [1.82, 2.24) is 0 Å². The average molecular weight is 268 g/mol. The highest BCUT2D eigenvalue weighted by Gasteiger charge is 2.12. The van der Waals surface area contributed by atoms with Crippen LogP contribution < -0.4 is 5.32 Å². The molecule has 1 rings (SSSR count). The zero-order valence-electron chi connectivity index (χ0n) is 9.83. The number of amides is 1. The number of aliphatic carboxylic acids is 1. The molecule has 1 aromatic carbocycles. The van der Waals surface area contributed by atoms with Crippen LogP contribution in [0.25, 0.3) is 0 Å². The fourth-order valence-electron chi connectivity index (χ4n) is 1.35. The summed E-state index contributed by atoms with van der Waals surface area (Å²) in [6.07, 6.45) is 0.0390. The molecule has 8 heteroatoms. The molecule has 1 amide bonds. The Balaban J connectivity index is 2.59. The van der Waals surface area contributed by atoms with Gasteiger partial charge >= 0.3 is 5.97 Å². The fourth-order valence-corrected chi connectivity index (χ4v) is 1.35. The number of nitro groups is 1. The maximum atomic E-state index is 11.4. The smallest absolute Gasteiger partial charge is 0.303 e. The van der Waals surface area contributed by atoms with Gasteiger partial charge in [0.05, 0.1) is 16.7 Å². The molecule has 0 heterocycles. The van der Waals surface area contributed by atoms with E-state index in [9.17, 15) is 24.8 Å². The lowest BCUT2D eigenvalue weighted by atomic mass is 10.2. The first-order valence-corrected chi connectivity index (χ1v) is 5.39. The van der Waals surface area contributed by atoms with Crippen molar-refractivity contribution in [2.45, 2.75) is 19.3 Å². The van der Waals surface area contributed by atoms with Crippen LogP contribution in [0.15, 0.2) is 18.2 Å². The van der Waals surface area contributed by atoms with Gasteiger partial charge in [0, 0.05) is 18.9 Å². The summed E-state index contributed by atoms with van der Waals surface area (Å²) < 4.78 is 0. The van der Waals surface area contributed by atoms with Crippen LogP contribution in [0.2, 0.25) is 0 Å². The van der Waals surface area contributed by atoms with E-state index in [-0.39, 0.29) is 30.6 Å². The Morgan fingerprint density at radius 2 is 2.00 bits per heavy atom. The van der Waals surface area contributed by atoms with E-state index in [1.165, 1.54) is 6.07 Å². The number of benzene rings is 1. The number of phenolic OH excluding ortho intramolecular Hbond substituents is 1. The highest BCUT2D eigenvalue weighted by Crippen LogP contribution is 2.27. The fraction of sp³-hybridized carbons (Fsp3) is 0.273. The quantitative estimate of drug-likeness (QED) is 0.407. The number of rotatable bonds is 6. The van der Waals surface area contributed by atoms with E-state index in [4.69, 9.17) is 5.11 Å². The molecule has 3 N–H and O–H groups in total. The first-order valence-electron chi connectivity index (χ1n) is 5.39. The highest BCUT2D eigenvalue weighted by atomic mass is 16.6. The molecule has 0 saturated heterocycles. The molecule has 0 radical (unpaired) electrons.